The van der Waals surface area contributed by atoms with E-state index in [1.165, 1.54) is 32.1 Å². The van der Waals surface area contributed by atoms with Gasteiger partial charge in [0.15, 0.2) is 0 Å². The van der Waals surface area contributed by atoms with Crippen molar-refractivity contribution in [3.63, 3.8) is 0 Å². The smallest absolute Gasteiger partial charge is 0.253 e. The van der Waals surface area contributed by atoms with Crippen LogP contribution in [0.2, 0.25) is 0 Å². The molecule has 0 aromatic heterocycles. The number of carbonyl (C=O) groups is 2. The van der Waals surface area contributed by atoms with Crippen molar-refractivity contribution in [3.05, 3.63) is 34.3 Å². The zero-order chi connectivity index (χ0) is 19.2. The molecule has 2 atom stereocenters. The second-order valence-electron chi connectivity index (χ2n) is 8.02. The lowest BCUT2D eigenvalue weighted by Crippen LogP contribution is -2.46. The van der Waals surface area contributed by atoms with Crippen LogP contribution < -0.4 is 5.32 Å². The Hall–Kier alpha value is -1.36. The summed E-state index contributed by atoms with van der Waals surface area (Å²) in [5, 5.41) is 3.34. The molecule has 27 heavy (non-hydrogen) atoms. The molecule has 2 fully saturated rings. The van der Waals surface area contributed by atoms with E-state index < -0.39 is 0 Å². The molecule has 2 amide bonds. The molecule has 148 valence electrons. The van der Waals surface area contributed by atoms with Crippen LogP contribution in [0.25, 0.3) is 0 Å². The number of carbonyl (C=O) groups excluding carboxylic acids is 2. The highest BCUT2D eigenvalue weighted by atomic mass is 79.9. The number of benzene rings is 1. The first-order chi connectivity index (χ1) is 13.1. The Morgan fingerprint density at radius 3 is 2.48 bits per heavy atom. The summed E-state index contributed by atoms with van der Waals surface area (Å²) in [5.74, 6) is 0.982. The van der Waals surface area contributed by atoms with Crippen molar-refractivity contribution in [2.24, 2.45) is 11.8 Å². The molecule has 1 saturated heterocycles. The number of halogens is 1. The molecule has 5 heteroatoms. The van der Waals surface area contributed by atoms with Crippen LogP contribution in [0.15, 0.2) is 28.7 Å². The van der Waals surface area contributed by atoms with Crippen LogP contribution in [0.3, 0.4) is 0 Å². The zero-order valence-corrected chi connectivity index (χ0v) is 17.8. The van der Waals surface area contributed by atoms with Crippen LogP contribution in [-0.2, 0) is 4.79 Å². The number of likely N-dealkylation sites (tertiary alicyclic amines) is 1. The molecule has 2 aliphatic rings. The minimum atomic E-state index is 0.0476. The van der Waals surface area contributed by atoms with Crippen molar-refractivity contribution in [1.82, 2.24) is 10.2 Å². The third kappa shape index (κ3) is 5.34. The van der Waals surface area contributed by atoms with Crippen molar-refractivity contribution in [2.75, 3.05) is 13.1 Å². The minimum absolute atomic E-state index is 0.0476. The van der Waals surface area contributed by atoms with E-state index in [1.54, 1.807) is 0 Å². The molecule has 1 aromatic rings. The number of unbranched alkanes of at least 4 members (excludes halogenated alkanes) is 1. The van der Waals surface area contributed by atoms with E-state index in [2.05, 4.69) is 28.2 Å². The van der Waals surface area contributed by atoms with Gasteiger partial charge in [-0.15, -0.1) is 0 Å². The van der Waals surface area contributed by atoms with Gasteiger partial charge in [-0.2, -0.15) is 0 Å². The Kier molecular flexibility index (Phi) is 7.33. The largest absolute Gasteiger partial charge is 0.353 e. The molecule has 3 rings (SSSR count). The number of nitrogens with one attached hydrogen (secondary N) is 1. The predicted molar refractivity (Wildman–Crippen MR) is 112 cm³/mol. The number of piperidine rings is 1. The lowest BCUT2D eigenvalue weighted by molar-refractivity contribution is -0.127. The first kappa shape index (κ1) is 20.4. The molecule has 1 N–H and O–H groups in total. The van der Waals surface area contributed by atoms with Gasteiger partial charge in [0, 0.05) is 35.1 Å². The van der Waals surface area contributed by atoms with Crippen LogP contribution in [0, 0.1) is 11.8 Å². The molecule has 0 spiro atoms. The van der Waals surface area contributed by atoms with E-state index in [9.17, 15) is 9.59 Å². The molecule has 1 saturated carbocycles. The maximum absolute atomic E-state index is 12.7. The summed E-state index contributed by atoms with van der Waals surface area (Å²) in [5.41, 5.74) is 0.714. The molecule has 1 aromatic carbocycles. The highest BCUT2D eigenvalue weighted by molar-refractivity contribution is 9.10. The fourth-order valence-corrected chi connectivity index (χ4v) is 4.72. The Morgan fingerprint density at radius 2 is 1.81 bits per heavy atom. The topological polar surface area (TPSA) is 49.4 Å². The van der Waals surface area contributed by atoms with Crippen molar-refractivity contribution in [3.8, 4) is 0 Å². The predicted octanol–water partition coefficient (Wildman–Crippen LogP) is 4.78. The Labute approximate surface area is 171 Å². The van der Waals surface area contributed by atoms with E-state index in [-0.39, 0.29) is 17.7 Å². The normalized spacial score (nSPS) is 23.4. The van der Waals surface area contributed by atoms with Crippen LogP contribution in [-0.4, -0.2) is 35.8 Å². The minimum Gasteiger partial charge on any atom is -0.353 e. The molecule has 1 heterocycles. The summed E-state index contributed by atoms with van der Waals surface area (Å²) in [6, 6.07) is 7.85. The Morgan fingerprint density at radius 1 is 1.11 bits per heavy atom. The molecule has 0 bridgehead atoms. The van der Waals surface area contributed by atoms with Gasteiger partial charge in [0.2, 0.25) is 5.91 Å². The third-order valence-corrected chi connectivity index (χ3v) is 6.69. The van der Waals surface area contributed by atoms with E-state index in [0.717, 1.165) is 23.7 Å². The number of hydrogen-bond donors (Lipinski definition) is 1. The van der Waals surface area contributed by atoms with Gasteiger partial charge in [0.1, 0.15) is 0 Å². The van der Waals surface area contributed by atoms with E-state index in [4.69, 9.17) is 0 Å². The number of hydrogen-bond acceptors (Lipinski definition) is 2. The van der Waals surface area contributed by atoms with E-state index >= 15 is 0 Å². The summed E-state index contributed by atoms with van der Waals surface area (Å²) in [4.78, 5) is 27.2. The standard InChI is InChI=1S/C22H31BrN2O2/c1-2-3-5-16-6-4-7-20(16)24-21(26)17-12-14-25(15-13-17)22(27)18-8-10-19(23)11-9-18/h8-11,16-17,20H,2-7,12-15H2,1H3,(H,24,26). The first-order valence-corrected chi connectivity index (χ1v) is 11.2. The number of amides is 2. The molecule has 0 radical (unpaired) electrons. The van der Waals surface area contributed by atoms with E-state index in [0.29, 0.717) is 30.6 Å². The van der Waals surface area contributed by atoms with E-state index in [1.807, 2.05) is 29.2 Å². The Balaban J connectivity index is 1.47. The number of nitrogens with zero attached hydrogens (tertiary/aromatic N) is 1. The fraction of sp³-hybridized carbons (Fsp3) is 0.636. The SMILES string of the molecule is CCCCC1CCCC1NC(=O)C1CCN(C(=O)c2ccc(Br)cc2)CC1. The Bertz CT molecular complexity index is 638. The van der Waals surface area contributed by atoms with Gasteiger partial charge in [-0.3, -0.25) is 9.59 Å². The molecule has 2 unspecified atom stereocenters. The van der Waals surface area contributed by atoms with Crippen molar-refractivity contribution in [2.45, 2.75) is 64.3 Å². The van der Waals surface area contributed by atoms with Crippen LogP contribution in [0.1, 0.15) is 68.6 Å². The van der Waals surface area contributed by atoms with Gasteiger partial charge in [-0.05, 0) is 62.3 Å². The summed E-state index contributed by atoms with van der Waals surface area (Å²) >= 11 is 3.40. The number of rotatable bonds is 6. The van der Waals surface area contributed by atoms with Gasteiger partial charge in [0.05, 0.1) is 0 Å². The van der Waals surface area contributed by atoms with Crippen molar-refractivity contribution < 1.29 is 9.59 Å². The quantitative estimate of drug-likeness (QED) is 0.700. The first-order valence-electron chi connectivity index (χ1n) is 10.4. The molecular weight excluding hydrogens is 404 g/mol. The molecule has 4 nitrogen and oxygen atoms in total. The average Bonchev–Trinajstić information content (AvgIpc) is 3.13. The van der Waals surface area contributed by atoms with Gasteiger partial charge < -0.3 is 10.2 Å². The van der Waals surface area contributed by atoms with Gasteiger partial charge in [0.25, 0.3) is 5.91 Å². The lowest BCUT2D eigenvalue weighted by atomic mass is 9.93. The van der Waals surface area contributed by atoms with Gasteiger partial charge in [-0.25, -0.2) is 0 Å². The average molecular weight is 435 g/mol. The summed E-state index contributed by atoms with van der Waals surface area (Å²) < 4.78 is 0.971. The highest BCUT2D eigenvalue weighted by Crippen LogP contribution is 2.30. The summed E-state index contributed by atoms with van der Waals surface area (Å²) in [7, 11) is 0. The third-order valence-electron chi connectivity index (χ3n) is 6.16. The summed E-state index contributed by atoms with van der Waals surface area (Å²) in [6.07, 6.45) is 8.86. The maximum Gasteiger partial charge on any atom is 0.253 e. The second-order valence-corrected chi connectivity index (χ2v) is 8.94. The zero-order valence-electron chi connectivity index (χ0n) is 16.3. The lowest BCUT2D eigenvalue weighted by Gasteiger charge is -2.32. The van der Waals surface area contributed by atoms with Crippen molar-refractivity contribution in [1.29, 1.82) is 0 Å². The maximum atomic E-state index is 12.7. The van der Waals surface area contributed by atoms with Crippen LogP contribution in [0.5, 0.6) is 0 Å². The fourth-order valence-electron chi connectivity index (χ4n) is 4.46. The second kappa shape index (κ2) is 9.72. The summed E-state index contributed by atoms with van der Waals surface area (Å²) in [6.45, 7) is 3.56. The van der Waals surface area contributed by atoms with Crippen LogP contribution in [0.4, 0.5) is 0 Å². The van der Waals surface area contributed by atoms with Gasteiger partial charge >= 0.3 is 0 Å². The molecule has 1 aliphatic heterocycles. The van der Waals surface area contributed by atoms with Crippen molar-refractivity contribution >= 4 is 27.7 Å². The molecular formula is C22H31BrN2O2. The molecule has 1 aliphatic carbocycles. The van der Waals surface area contributed by atoms with Gasteiger partial charge in [-0.1, -0.05) is 42.1 Å². The monoisotopic (exact) mass is 434 g/mol. The highest BCUT2D eigenvalue weighted by Gasteiger charge is 2.32. The van der Waals surface area contributed by atoms with Crippen LogP contribution >= 0.6 is 15.9 Å².